The molecule has 2 rings (SSSR count). The number of aryl methyl sites for hydroxylation is 1. The molecule has 0 aliphatic carbocycles. The SMILES string of the molecule is CCc1csc(-c2ccc(OC)cc2)n1. The van der Waals surface area contributed by atoms with Crippen LogP contribution in [0.15, 0.2) is 29.6 Å². The van der Waals surface area contributed by atoms with E-state index >= 15 is 0 Å². The number of nitrogens with zero attached hydrogens (tertiary/aromatic N) is 1. The van der Waals surface area contributed by atoms with E-state index in [-0.39, 0.29) is 0 Å². The average molecular weight is 219 g/mol. The summed E-state index contributed by atoms with van der Waals surface area (Å²) in [5.41, 5.74) is 2.31. The van der Waals surface area contributed by atoms with E-state index in [4.69, 9.17) is 4.74 Å². The summed E-state index contributed by atoms with van der Waals surface area (Å²) in [5.74, 6) is 0.881. The van der Waals surface area contributed by atoms with Gasteiger partial charge in [-0.15, -0.1) is 11.3 Å². The van der Waals surface area contributed by atoms with Crippen LogP contribution in [0.3, 0.4) is 0 Å². The highest BCUT2D eigenvalue weighted by atomic mass is 32.1. The largest absolute Gasteiger partial charge is 0.497 e. The maximum atomic E-state index is 5.11. The van der Waals surface area contributed by atoms with Gasteiger partial charge in [0.1, 0.15) is 10.8 Å². The van der Waals surface area contributed by atoms with E-state index in [0.717, 1.165) is 28.4 Å². The molecule has 0 N–H and O–H groups in total. The van der Waals surface area contributed by atoms with Gasteiger partial charge in [0.05, 0.1) is 12.8 Å². The van der Waals surface area contributed by atoms with Crippen molar-refractivity contribution in [2.75, 3.05) is 7.11 Å². The number of ether oxygens (including phenoxy) is 1. The van der Waals surface area contributed by atoms with Gasteiger partial charge in [-0.05, 0) is 30.7 Å². The first-order chi connectivity index (χ1) is 7.33. The summed E-state index contributed by atoms with van der Waals surface area (Å²) in [7, 11) is 1.67. The van der Waals surface area contributed by atoms with Gasteiger partial charge in [-0.2, -0.15) is 0 Å². The van der Waals surface area contributed by atoms with Gasteiger partial charge in [-0.1, -0.05) is 6.92 Å². The molecule has 15 heavy (non-hydrogen) atoms. The molecule has 2 nitrogen and oxygen atoms in total. The van der Waals surface area contributed by atoms with Crippen LogP contribution in [0.4, 0.5) is 0 Å². The quantitative estimate of drug-likeness (QED) is 0.789. The van der Waals surface area contributed by atoms with Crippen LogP contribution in [0.2, 0.25) is 0 Å². The molecule has 0 amide bonds. The van der Waals surface area contributed by atoms with E-state index in [1.807, 2.05) is 24.3 Å². The first kappa shape index (κ1) is 10.2. The van der Waals surface area contributed by atoms with Crippen LogP contribution in [-0.2, 0) is 6.42 Å². The summed E-state index contributed by atoms with van der Waals surface area (Å²) in [6.07, 6.45) is 0.993. The van der Waals surface area contributed by atoms with Crippen LogP contribution in [0.5, 0.6) is 5.75 Å². The molecule has 0 saturated carbocycles. The zero-order chi connectivity index (χ0) is 10.7. The monoisotopic (exact) mass is 219 g/mol. The number of aromatic nitrogens is 1. The van der Waals surface area contributed by atoms with Crippen molar-refractivity contribution in [3.63, 3.8) is 0 Å². The van der Waals surface area contributed by atoms with Crippen LogP contribution >= 0.6 is 11.3 Å². The van der Waals surface area contributed by atoms with Gasteiger partial charge in [0.15, 0.2) is 0 Å². The van der Waals surface area contributed by atoms with Gasteiger partial charge in [0, 0.05) is 10.9 Å². The first-order valence-electron chi connectivity index (χ1n) is 4.92. The van der Waals surface area contributed by atoms with Gasteiger partial charge >= 0.3 is 0 Å². The lowest BCUT2D eigenvalue weighted by Crippen LogP contribution is -1.83. The van der Waals surface area contributed by atoms with Crippen LogP contribution in [0.1, 0.15) is 12.6 Å². The molecule has 0 fully saturated rings. The fraction of sp³-hybridized carbons (Fsp3) is 0.250. The van der Waals surface area contributed by atoms with Crippen LogP contribution in [0, 0.1) is 0 Å². The highest BCUT2D eigenvalue weighted by Gasteiger charge is 2.03. The molecule has 1 heterocycles. The van der Waals surface area contributed by atoms with Crippen molar-refractivity contribution in [1.82, 2.24) is 4.98 Å². The van der Waals surface area contributed by atoms with E-state index in [9.17, 15) is 0 Å². The van der Waals surface area contributed by atoms with E-state index < -0.39 is 0 Å². The molecule has 1 aromatic heterocycles. The molecule has 0 aliphatic heterocycles. The third kappa shape index (κ3) is 2.18. The second-order valence-electron chi connectivity index (χ2n) is 3.23. The third-order valence-corrected chi connectivity index (χ3v) is 3.19. The predicted molar refractivity (Wildman–Crippen MR) is 63.5 cm³/mol. The number of hydrogen-bond acceptors (Lipinski definition) is 3. The second-order valence-corrected chi connectivity index (χ2v) is 4.08. The molecular formula is C12H13NOS. The molecule has 2 aromatic rings. The third-order valence-electron chi connectivity index (χ3n) is 2.25. The smallest absolute Gasteiger partial charge is 0.123 e. The number of thiazole rings is 1. The van der Waals surface area contributed by atoms with Gasteiger partial charge < -0.3 is 4.74 Å². The Morgan fingerprint density at radius 3 is 2.53 bits per heavy atom. The standard InChI is InChI=1S/C12H13NOS/c1-3-10-8-15-12(13-10)9-4-6-11(14-2)7-5-9/h4-8H,3H2,1-2H3. The number of hydrogen-bond donors (Lipinski definition) is 0. The number of benzene rings is 1. The Morgan fingerprint density at radius 1 is 1.27 bits per heavy atom. The molecule has 0 bridgehead atoms. The second kappa shape index (κ2) is 4.45. The maximum absolute atomic E-state index is 5.11. The lowest BCUT2D eigenvalue weighted by atomic mass is 10.2. The molecule has 0 atom stereocenters. The fourth-order valence-electron chi connectivity index (χ4n) is 1.34. The maximum Gasteiger partial charge on any atom is 0.123 e. The van der Waals surface area contributed by atoms with E-state index in [1.54, 1.807) is 18.4 Å². The van der Waals surface area contributed by atoms with Gasteiger partial charge in [0.2, 0.25) is 0 Å². The zero-order valence-electron chi connectivity index (χ0n) is 8.86. The van der Waals surface area contributed by atoms with Gasteiger partial charge in [-0.25, -0.2) is 4.98 Å². The minimum atomic E-state index is 0.881. The van der Waals surface area contributed by atoms with Crippen LogP contribution in [0.25, 0.3) is 10.6 Å². The predicted octanol–water partition coefficient (Wildman–Crippen LogP) is 3.38. The molecule has 0 aliphatic rings. The molecule has 3 heteroatoms. The van der Waals surface area contributed by atoms with Crippen molar-refractivity contribution in [2.45, 2.75) is 13.3 Å². The Hall–Kier alpha value is -1.35. The Labute approximate surface area is 93.6 Å². The summed E-state index contributed by atoms with van der Waals surface area (Å²) < 4.78 is 5.11. The molecule has 78 valence electrons. The van der Waals surface area contributed by atoms with E-state index in [1.165, 1.54) is 0 Å². The highest BCUT2D eigenvalue weighted by molar-refractivity contribution is 7.13. The minimum absolute atomic E-state index is 0.881. The Bertz CT molecular complexity index is 433. The number of methoxy groups -OCH3 is 1. The zero-order valence-corrected chi connectivity index (χ0v) is 9.67. The summed E-state index contributed by atoms with van der Waals surface area (Å²) in [5, 5.41) is 3.19. The van der Waals surface area contributed by atoms with Crippen LogP contribution < -0.4 is 4.74 Å². The van der Waals surface area contributed by atoms with Crippen molar-refractivity contribution < 1.29 is 4.74 Å². The van der Waals surface area contributed by atoms with Crippen molar-refractivity contribution in [2.24, 2.45) is 0 Å². The highest BCUT2D eigenvalue weighted by Crippen LogP contribution is 2.25. The molecule has 0 unspecified atom stereocenters. The van der Waals surface area contributed by atoms with E-state index in [2.05, 4.69) is 17.3 Å². The summed E-state index contributed by atoms with van der Waals surface area (Å²) >= 11 is 1.69. The summed E-state index contributed by atoms with van der Waals surface area (Å²) in [6.45, 7) is 2.12. The fourth-order valence-corrected chi connectivity index (χ4v) is 2.24. The summed E-state index contributed by atoms with van der Waals surface area (Å²) in [4.78, 5) is 4.53. The van der Waals surface area contributed by atoms with Crippen molar-refractivity contribution in [3.05, 3.63) is 35.3 Å². The molecule has 0 radical (unpaired) electrons. The van der Waals surface area contributed by atoms with Crippen LogP contribution in [-0.4, -0.2) is 12.1 Å². The molecular weight excluding hydrogens is 206 g/mol. The Kier molecular flexibility index (Phi) is 3.02. The molecule has 1 aromatic carbocycles. The van der Waals surface area contributed by atoms with Crippen molar-refractivity contribution >= 4 is 11.3 Å². The first-order valence-corrected chi connectivity index (χ1v) is 5.80. The molecule has 0 spiro atoms. The number of rotatable bonds is 3. The lowest BCUT2D eigenvalue weighted by Gasteiger charge is -2.00. The molecule has 0 saturated heterocycles. The van der Waals surface area contributed by atoms with Gasteiger partial charge in [-0.3, -0.25) is 0 Å². The van der Waals surface area contributed by atoms with Gasteiger partial charge in [0.25, 0.3) is 0 Å². The van der Waals surface area contributed by atoms with Crippen molar-refractivity contribution in [1.29, 1.82) is 0 Å². The normalized spacial score (nSPS) is 10.3. The minimum Gasteiger partial charge on any atom is -0.497 e. The van der Waals surface area contributed by atoms with Crippen molar-refractivity contribution in [3.8, 4) is 16.3 Å². The Morgan fingerprint density at radius 2 is 2.00 bits per heavy atom. The van der Waals surface area contributed by atoms with E-state index in [0.29, 0.717) is 0 Å². The Balaban J connectivity index is 2.28. The topological polar surface area (TPSA) is 22.1 Å². The summed E-state index contributed by atoms with van der Waals surface area (Å²) in [6, 6.07) is 8.00. The lowest BCUT2D eigenvalue weighted by molar-refractivity contribution is 0.415. The average Bonchev–Trinajstić information content (AvgIpc) is 2.78.